The molecule has 0 aliphatic rings. The molecule has 106 valence electrons. The highest BCUT2D eigenvalue weighted by Crippen LogP contribution is 2.30. The zero-order valence-electron chi connectivity index (χ0n) is 11.4. The summed E-state index contributed by atoms with van der Waals surface area (Å²) in [5.41, 5.74) is 1.61. The molecule has 4 nitrogen and oxygen atoms in total. The Kier molecular flexibility index (Phi) is 3.88. The van der Waals surface area contributed by atoms with Gasteiger partial charge in [-0.25, -0.2) is 4.98 Å². The largest absolute Gasteiger partial charge is 0.494 e. The molecule has 0 spiro atoms. The van der Waals surface area contributed by atoms with E-state index in [-0.39, 0.29) is 0 Å². The molecular formula is C16H13ClN2O2. The van der Waals surface area contributed by atoms with Gasteiger partial charge >= 0.3 is 0 Å². The van der Waals surface area contributed by atoms with Crippen molar-refractivity contribution in [2.24, 2.45) is 0 Å². The molecule has 5 heteroatoms. The maximum absolute atomic E-state index is 6.03. The summed E-state index contributed by atoms with van der Waals surface area (Å²) in [6.07, 6.45) is 3.35. The third kappa shape index (κ3) is 2.76. The highest BCUT2D eigenvalue weighted by Gasteiger charge is 2.08. The van der Waals surface area contributed by atoms with Crippen LogP contribution in [0, 0.1) is 0 Å². The molecule has 0 aliphatic heterocycles. The fourth-order valence-electron chi connectivity index (χ4n) is 2.10. The maximum Gasteiger partial charge on any atom is 0.145 e. The number of aromatic nitrogens is 2. The third-order valence-corrected chi connectivity index (χ3v) is 3.47. The first kappa shape index (κ1) is 13.6. The highest BCUT2D eigenvalue weighted by atomic mass is 35.5. The van der Waals surface area contributed by atoms with E-state index in [4.69, 9.17) is 21.1 Å². The second-order valence-corrected chi connectivity index (χ2v) is 4.77. The summed E-state index contributed by atoms with van der Waals surface area (Å²) >= 11 is 6.03. The number of pyridine rings is 2. The molecule has 2 heterocycles. The van der Waals surface area contributed by atoms with Crippen LogP contribution in [0.2, 0.25) is 5.15 Å². The van der Waals surface area contributed by atoms with Gasteiger partial charge in [-0.2, -0.15) is 0 Å². The molecule has 0 fully saturated rings. The van der Waals surface area contributed by atoms with Crippen molar-refractivity contribution in [3.63, 3.8) is 0 Å². The molecule has 0 saturated heterocycles. The van der Waals surface area contributed by atoms with Crippen molar-refractivity contribution in [2.75, 3.05) is 7.11 Å². The zero-order valence-corrected chi connectivity index (χ0v) is 12.2. The normalized spacial score (nSPS) is 10.6. The van der Waals surface area contributed by atoms with Gasteiger partial charge in [0.05, 0.1) is 7.11 Å². The van der Waals surface area contributed by atoms with Gasteiger partial charge in [0.25, 0.3) is 0 Å². The van der Waals surface area contributed by atoms with Crippen molar-refractivity contribution < 1.29 is 9.47 Å². The minimum atomic E-state index is 0.350. The predicted molar refractivity (Wildman–Crippen MR) is 81.9 cm³/mol. The molecule has 0 atom stereocenters. The molecule has 2 aromatic heterocycles. The van der Waals surface area contributed by atoms with E-state index < -0.39 is 0 Å². The molecular weight excluding hydrogens is 288 g/mol. The second-order valence-electron chi connectivity index (χ2n) is 4.41. The number of ether oxygens (including phenoxy) is 2. The first-order valence-electron chi connectivity index (χ1n) is 6.43. The third-order valence-electron chi connectivity index (χ3n) is 3.13. The lowest BCUT2D eigenvalue weighted by atomic mass is 10.2. The standard InChI is InChI=1S/C16H13ClN2O2/c1-20-14-6-2-5-12-13(7-9-18-15(12)14)21-10-11-4-3-8-19-16(11)17/h2-9H,10H2,1H3. The Morgan fingerprint density at radius 1 is 1.00 bits per heavy atom. The van der Waals surface area contributed by atoms with Crippen molar-refractivity contribution in [3.05, 3.63) is 59.5 Å². The molecule has 3 aromatic rings. The topological polar surface area (TPSA) is 44.2 Å². The number of para-hydroxylation sites is 1. The number of rotatable bonds is 4. The summed E-state index contributed by atoms with van der Waals surface area (Å²) in [5, 5.41) is 1.35. The van der Waals surface area contributed by atoms with Gasteiger partial charge in [-0.3, -0.25) is 4.98 Å². The smallest absolute Gasteiger partial charge is 0.145 e. The second kappa shape index (κ2) is 5.97. The number of nitrogens with zero attached hydrogens (tertiary/aromatic N) is 2. The number of methoxy groups -OCH3 is 1. The minimum Gasteiger partial charge on any atom is -0.494 e. The van der Waals surface area contributed by atoms with Crippen LogP contribution in [0.15, 0.2) is 48.8 Å². The van der Waals surface area contributed by atoms with E-state index in [0.29, 0.717) is 11.8 Å². The Morgan fingerprint density at radius 2 is 1.90 bits per heavy atom. The van der Waals surface area contributed by atoms with Gasteiger partial charge in [-0.05, 0) is 24.3 Å². The van der Waals surface area contributed by atoms with Crippen LogP contribution in [0.5, 0.6) is 11.5 Å². The molecule has 0 radical (unpaired) electrons. The zero-order chi connectivity index (χ0) is 14.7. The Morgan fingerprint density at radius 3 is 2.71 bits per heavy atom. The van der Waals surface area contributed by atoms with E-state index in [1.54, 1.807) is 19.5 Å². The molecule has 0 N–H and O–H groups in total. The van der Waals surface area contributed by atoms with Crippen molar-refractivity contribution in [3.8, 4) is 11.5 Å². The Bertz CT molecular complexity index is 777. The van der Waals surface area contributed by atoms with Gasteiger partial charge in [0.1, 0.15) is 28.8 Å². The number of hydrogen-bond acceptors (Lipinski definition) is 4. The Hall–Kier alpha value is -2.33. The summed E-state index contributed by atoms with van der Waals surface area (Å²) in [6.45, 7) is 0.350. The van der Waals surface area contributed by atoms with Gasteiger partial charge in [0.2, 0.25) is 0 Å². The summed E-state index contributed by atoms with van der Waals surface area (Å²) in [6, 6.07) is 11.3. The Balaban J connectivity index is 1.93. The van der Waals surface area contributed by atoms with Crippen LogP contribution < -0.4 is 9.47 Å². The molecule has 0 aliphatic carbocycles. The molecule has 3 rings (SSSR count). The van der Waals surface area contributed by atoms with Crippen LogP contribution in [0.25, 0.3) is 10.9 Å². The van der Waals surface area contributed by atoms with E-state index in [9.17, 15) is 0 Å². The SMILES string of the molecule is COc1cccc2c(OCc3cccnc3Cl)ccnc12. The summed E-state index contributed by atoms with van der Waals surface area (Å²) < 4.78 is 11.2. The van der Waals surface area contributed by atoms with Crippen LogP contribution in [0.1, 0.15) is 5.56 Å². The molecule has 1 aromatic carbocycles. The summed E-state index contributed by atoms with van der Waals surface area (Å²) in [7, 11) is 1.62. The first-order chi connectivity index (χ1) is 10.3. The van der Waals surface area contributed by atoms with Gasteiger partial charge < -0.3 is 9.47 Å². The van der Waals surface area contributed by atoms with Crippen LogP contribution in [0.3, 0.4) is 0 Å². The number of hydrogen-bond donors (Lipinski definition) is 0. The summed E-state index contributed by atoms with van der Waals surface area (Å²) in [4.78, 5) is 8.38. The maximum atomic E-state index is 6.03. The molecule has 0 saturated carbocycles. The van der Waals surface area contributed by atoms with Crippen LogP contribution >= 0.6 is 11.6 Å². The molecule has 0 bridgehead atoms. The average molecular weight is 301 g/mol. The number of fused-ring (bicyclic) bond motifs is 1. The van der Waals surface area contributed by atoms with Crippen molar-refractivity contribution in [1.29, 1.82) is 0 Å². The monoisotopic (exact) mass is 300 g/mol. The first-order valence-corrected chi connectivity index (χ1v) is 6.81. The lowest BCUT2D eigenvalue weighted by molar-refractivity contribution is 0.309. The van der Waals surface area contributed by atoms with E-state index in [1.165, 1.54) is 0 Å². The quantitative estimate of drug-likeness (QED) is 0.686. The van der Waals surface area contributed by atoms with Crippen LogP contribution in [-0.2, 0) is 6.61 Å². The lowest BCUT2D eigenvalue weighted by Crippen LogP contribution is -1.98. The lowest BCUT2D eigenvalue weighted by Gasteiger charge is -2.11. The van der Waals surface area contributed by atoms with Gasteiger partial charge in [0, 0.05) is 23.3 Å². The highest BCUT2D eigenvalue weighted by molar-refractivity contribution is 6.30. The molecule has 0 unspecified atom stereocenters. The van der Waals surface area contributed by atoms with E-state index in [0.717, 1.165) is 28.0 Å². The van der Waals surface area contributed by atoms with Crippen molar-refractivity contribution >= 4 is 22.5 Å². The van der Waals surface area contributed by atoms with Crippen molar-refractivity contribution in [1.82, 2.24) is 9.97 Å². The molecule has 0 amide bonds. The van der Waals surface area contributed by atoms with Gasteiger partial charge in [-0.15, -0.1) is 0 Å². The fourth-order valence-corrected chi connectivity index (χ4v) is 2.27. The fraction of sp³-hybridized carbons (Fsp3) is 0.125. The summed E-state index contributed by atoms with van der Waals surface area (Å²) in [5.74, 6) is 1.45. The van der Waals surface area contributed by atoms with Crippen molar-refractivity contribution in [2.45, 2.75) is 6.61 Å². The van der Waals surface area contributed by atoms with E-state index >= 15 is 0 Å². The van der Waals surface area contributed by atoms with Crippen LogP contribution in [0.4, 0.5) is 0 Å². The number of halogens is 1. The predicted octanol–water partition coefficient (Wildman–Crippen LogP) is 3.87. The van der Waals surface area contributed by atoms with E-state index in [2.05, 4.69) is 9.97 Å². The van der Waals surface area contributed by atoms with Gasteiger partial charge in [0.15, 0.2) is 0 Å². The minimum absolute atomic E-state index is 0.350. The number of benzene rings is 1. The van der Waals surface area contributed by atoms with Gasteiger partial charge in [-0.1, -0.05) is 23.7 Å². The Labute approximate surface area is 127 Å². The average Bonchev–Trinajstić information content (AvgIpc) is 2.53. The van der Waals surface area contributed by atoms with E-state index in [1.807, 2.05) is 36.4 Å². The van der Waals surface area contributed by atoms with Crippen LogP contribution in [-0.4, -0.2) is 17.1 Å². The molecule has 21 heavy (non-hydrogen) atoms.